The minimum Gasteiger partial charge on any atom is -0.381 e. The highest BCUT2D eigenvalue weighted by atomic mass is 32.2. The van der Waals surface area contributed by atoms with E-state index in [1.54, 1.807) is 13.0 Å². The van der Waals surface area contributed by atoms with Crippen molar-refractivity contribution in [2.24, 2.45) is 5.92 Å². The highest BCUT2D eigenvalue weighted by Crippen LogP contribution is 2.41. The van der Waals surface area contributed by atoms with E-state index in [-0.39, 0.29) is 34.2 Å². The predicted molar refractivity (Wildman–Crippen MR) is 75.3 cm³/mol. The number of anilines is 1. The maximum Gasteiger partial charge on any atom is 0.446 e. The second kappa shape index (κ2) is 6.70. The zero-order valence-corrected chi connectivity index (χ0v) is 12.3. The number of thioether (sulfide) groups is 1. The number of hydrogen-bond acceptors (Lipinski definition) is 3. The molecule has 0 bridgehead atoms. The summed E-state index contributed by atoms with van der Waals surface area (Å²) < 4.78 is 42.9. The van der Waals surface area contributed by atoms with Crippen LogP contribution >= 0.6 is 11.8 Å². The van der Waals surface area contributed by atoms with E-state index in [1.807, 2.05) is 0 Å². The molecule has 0 aromatic heterocycles. The Morgan fingerprint density at radius 3 is 2.62 bits per heavy atom. The van der Waals surface area contributed by atoms with Crippen molar-refractivity contribution < 1.29 is 22.7 Å². The van der Waals surface area contributed by atoms with E-state index in [2.05, 4.69) is 5.32 Å². The first-order valence-electron chi connectivity index (χ1n) is 6.60. The number of benzene rings is 1. The van der Waals surface area contributed by atoms with Crippen LogP contribution in [0, 0.1) is 12.8 Å². The molecule has 1 amide bonds. The van der Waals surface area contributed by atoms with Crippen LogP contribution in [0.5, 0.6) is 0 Å². The van der Waals surface area contributed by atoms with Crippen molar-refractivity contribution in [3.8, 4) is 0 Å². The minimum absolute atomic E-state index is 0.0166. The number of halogens is 3. The minimum atomic E-state index is -4.38. The quantitative estimate of drug-likeness (QED) is 0.857. The molecule has 1 heterocycles. The lowest BCUT2D eigenvalue weighted by Crippen LogP contribution is -2.28. The molecule has 3 nitrogen and oxygen atoms in total. The third-order valence-corrected chi connectivity index (χ3v) is 4.00. The van der Waals surface area contributed by atoms with Crippen molar-refractivity contribution in [3.63, 3.8) is 0 Å². The Hall–Kier alpha value is -1.21. The molecule has 1 fully saturated rings. The Balaban J connectivity index is 2.13. The lowest BCUT2D eigenvalue weighted by Gasteiger charge is -2.22. The van der Waals surface area contributed by atoms with Gasteiger partial charge in [-0.05, 0) is 49.2 Å². The van der Waals surface area contributed by atoms with Crippen LogP contribution in [0.3, 0.4) is 0 Å². The van der Waals surface area contributed by atoms with Gasteiger partial charge in [0.15, 0.2) is 0 Å². The summed E-state index contributed by atoms with van der Waals surface area (Å²) in [5.41, 5.74) is -3.46. The highest BCUT2D eigenvalue weighted by molar-refractivity contribution is 8.00. The average molecular weight is 319 g/mol. The average Bonchev–Trinajstić information content (AvgIpc) is 2.41. The molecule has 7 heteroatoms. The van der Waals surface area contributed by atoms with E-state index < -0.39 is 5.51 Å². The third kappa shape index (κ3) is 4.93. The molecule has 1 aromatic carbocycles. The summed E-state index contributed by atoms with van der Waals surface area (Å²) in [7, 11) is 0. The standard InChI is InChI=1S/C14H16F3NO2S/c1-9-2-3-11(12(8-9)21-14(15,16)17)18-13(19)10-4-6-20-7-5-10/h2-3,8,10H,4-7H2,1H3,(H,18,19). The Morgan fingerprint density at radius 1 is 1.33 bits per heavy atom. The van der Waals surface area contributed by atoms with Gasteiger partial charge in [0.05, 0.1) is 5.69 Å². The van der Waals surface area contributed by atoms with Crippen molar-refractivity contribution in [1.82, 2.24) is 0 Å². The molecule has 1 N–H and O–H groups in total. The SMILES string of the molecule is Cc1ccc(NC(=O)C2CCOCC2)c(SC(F)(F)F)c1. The molecule has 21 heavy (non-hydrogen) atoms. The Kier molecular flexibility index (Phi) is 5.16. The van der Waals surface area contributed by atoms with Gasteiger partial charge in [-0.1, -0.05) is 6.07 Å². The van der Waals surface area contributed by atoms with Gasteiger partial charge in [-0.3, -0.25) is 4.79 Å². The van der Waals surface area contributed by atoms with Gasteiger partial charge in [-0.15, -0.1) is 0 Å². The fraction of sp³-hybridized carbons (Fsp3) is 0.500. The number of hydrogen-bond donors (Lipinski definition) is 1. The van der Waals surface area contributed by atoms with Crippen LogP contribution in [0.1, 0.15) is 18.4 Å². The first-order valence-corrected chi connectivity index (χ1v) is 7.42. The van der Waals surface area contributed by atoms with Crippen molar-refractivity contribution in [3.05, 3.63) is 23.8 Å². The van der Waals surface area contributed by atoms with E-state index in [9.17, 15) is 18.0 Å². The molecule has 2 rings (SSSR count). The Morgan fingerprint density at radius 2 is 2.00 bits per heavy atom. The van der Waals surface area contributed by atoms with Gasteiger partial charge in [-0.25, -0.2) is 0 Å². The number of alkyl halides is 3. The van der Waals surface area contributed by atoms with Crippen molar-refractivity contribution in [2.75, 3.05) is 18.5 Å². The first-order chi connectivity index (χ1) is 9.85. The van der Waals surface area contributed by atoms with Crippen LogP contribution < -0.4 is 5.32 Å². The number of amides is 1. The number of ether oxygens (including phenoxy) is 1. The van der Waals surface area contributed by atoms with E-state index in [0.29, 0.717) is 31.6 Å². The number of carbonyl (C=O) groups is 1. The van der Waals surface area contributed by atoms with Crippen molar-refractivity contribution in [2.45, 2.75) is 30.2 Å². The zero-order chi connectivity index (χ0) is 15.5. The molecule has 1 saturated heterocycles. The topological polar surface area (TPSA) is 38.3 Å². The predicted octanol–water partition coefficient (Wildman–Crippen LogP) is 3.97. The maximum absolute atomic E-state index is 12.6. The summed E-state index contributed by atoms with van der Waals surface area (Å²) in [4.78, 5) is 12.1. The number of carbonyl (C=O) groups excluding carboxylic acids is 1. The molecule has 1 aromatic rings. The summed E-state index contributed by atoms with van der Waals surface area (Å²) >= 11 is -0.209. The smallest absolute Gasteiger partial charge is 0.381 e. The van der Waals surface area contributed by atoms with Crippen LogP contribution in [0.2, 0.25) is 0 Å². The molecule has 0 atom stereocenters. The van der Waals surface area contributed by atoms with E-state index in [1.165, 1.54) is 12.1 Å². The van der Waals surface area contributed by atoms with Gasteiger partial charge in [0.1, 0.15) is 0 Å². The third-order valence-electron chi connectivity index (χ3n) is 3.21. The molecule has 0 radical (unpaired) electrons. The molecule has 0 unspecified atom stereocenters. The van der Waals surface area contributed by atoms with Crippen LogP contribution in [-0.2, 0) is 9.53 Å². The van der Waals surface area contributed by atoms with Crippen molar-refractivity contribution in [1.29, 1.82) is 0 Å². The summed E-state index contributed by atoms with van der Waals surface area (Å²) in [5.74, 6) is -0.449. The lowest BCUT2D eigenvalue weighted by atomic mass is 9.99. The molecule has 0 saturated carbocycles. The van der Waals surface area contributed by atoms with Gasteiger partial charge < -0.3 is 10.1 Å². The molecule has 0 aliphatic carbocycles. The zero-order valence-electron chi connectivity index (χ0n) is 11.5. The molecule has 116 valence electrons. The van der Waals surface area contributed by atoms with E-state index in [0.717, 1.165) is 0 Å². The van der Waals surface area contributed by atoms with Crippen LogP contribution in [0.25, 0.3) is 0 Å². The molecular weight excluding hydrogens is 303 g/mol. The number of aryl methyl sites for hydroxylation is 1. The second-order valence-corrected chi connectivity index (χ2v) is 6.03. The molecule has 1 aliphatic heterocycles. The van der Waals surface area contributed by atoms with E-state index >= 15 is 0 Å². The largest absolute Gasteiger partial charge is 0.446 e. The summed E-state index contributed by atoms with van der Waals surface area (Å²) in [6.07, 6.45) is 1.19. The molecule has 0 spiro atoms. The van der Waals surface area contributed by atoms with E-state index in [4.69, 9.17) is 4.74 Å². The van der Waals surface area contributed by atoms with Crippen LogP contribution in [0.4, 0.5) is 18.9 Å². The fourth-order valence-electron chi connectivity index (χ4n) is 2.14. The summed E-state index contributed by atoms with van der Waals surface area (Å²) in [6.45, 7) is 2.73. The number of nitrogens with one attached hydrogen (secondary N) is 1. The number of rotatable bonds is 3. The summed E-state index contributed by atoms with van der Waals surface area (Å²) in [5, 5.41) is 2.61. The first kappa shape index (κ1) is 16.2. The molecular formula is C14H16F3NO2S. The Bertz CT molecular complexity index is 513. The normalized spacial score (nSPS) is 16.8. The highest BCUT2D eigenvalue weighted by Gasteiger charge is 2.31. The van der Waals surface area contributed by atoms with Gasteiger partial charge in [0.2, 0.25) is 5.91 Å². The van der Waals surface area contributed by atoms with Gasteiger partial charge in [-0.2, -0.15) is 13.2 Å². The summed E-state index contributed by atoms with van der Waals surface area (Å²) in [6, 6.07) is 4.62. The van der Waals surface area contributed by atoms with Crippen LogP contribution in [0.15, 0.2) is 23.1 Å². The maximum atomic E-state index is 12.6. The second-order valence-electron chi connectivity index (χ2n) is 4.92. The van der Waals surface area contributed by atoms with Crippen LogP contribution in [-0.4, -0.2) is 24.6 Å². The van der Waals surface area contributed by atoms with Crippen molar-refractivity contribution >= 4 is 23.4 Å². The lowest BCUT2D eigenvalue weighted by molar-refractivity contribution is -0.122. The monoisotopic (exact) mass is 319 g/mol. The Labute approximate surface area is 125 Å². The van der Waals surface area contributed by atoms with Gasteiger partial charge in [0, 0.05) is 24.0 Å². The molecule has 1 aliphatic rings. The fourth-order valence-corrected chi connectivity index (χ4v) is 2.86. The van der Waals surface area contributed by atoms with Gasteiger partial charge >= 0.3 is 5.51 Å². The van der Waals surface area contributed by atoms with Gasteiger partial charge in [0.25, 0.3) is 0 Å².